The maximum Gasteiger partial charge on any atom is 0.224 e. The number of para-hydroxylation sites is 1. The molecule has 0 bridgehead atoms. The summed E-state index contributed by atoms with van der Waals surface area (Å²) >= 11 is 0. The Balaban J connectivity index is 1.28. The van der Waals surface area contributed by atoms with Crippen LogP contribution in [-0.4, -0.2) is 37.0 Å². The highest BCUT2D eigenvalue weighted by Gasteiger charge is 2.28. The van der Waals surface area contributed by atoms with Crippen LogP contribution in [0.5, 0.6) is 0 Å². The van der Waals surface area contributed by atoms with Gasteiger partial charge >= 0.3 is 0 Å². The van der Waals surface area contributed by atoms with Gasteiger partial charge in [0.1, 0.15) is 12.2 Å². The Morgan fingerprint density at radius 1 is 1.24 bits per heavy atom. The summed E-state index contributed by atoms with van der Waals surface area (Å²) in [6, 6.07) is 9.85. The van der Waals surface area contributed by atoms with Crippen LogP contribution in [0.1, 0.15) is 30.1 Å². The zero-order valence-corrected chi connectivity index (χ0v) is 13.9. The molecule has 1 aromatic carbocycles. The van der Waals surface area contributed by atoms with E-state index in [0.29, 0.717) is 25.4 Å². The van der Waals surface area contributed by atoms with E-state index < -0.39 is 0 Å². The minimum atomic E-state index is -0.00587. The average molecular weight is 336 g/mol. The predicted molar refractivity (Wildman–Crippen MR) is 92.3 cm³/mol. The molecule has 0 saturated heterocycles. The monoisotopic (exact) mass is 336 g/mol. The molecule has 1 saturated carbocycles. The van der Waals surface area contributed by atoms with Gasteiger partial charge < -0.3 is 9.88 Å². The van der Waals surface area contributed by atoms with Crippen LogP contribution in [-0.2, 0) is 17.8 Å². The first-order valence-corrected chi connectivity index (χ1v) is 8.53. The van der Waals surface area contributed by atoms with Crippen molar-refractivity contribution in [1.29, 1.82) is 0 Å². The Kier molecular flexibility index (Phi) is 4.28. The van der Waals surface area contributed by atoms with Crippen molar-refractivity contribution in [2.45, 2.75) is 31.7 Å². The van der Waals surface area contributed by atoms with Gasteiger partial charge in [-0.15, -0.1) is 10.2 Å². The fourth-order valence-corrected chi connectivity index (χ4v) is 2.83. The molecule has 0 radical (unpaired) electrons. The number of hydrogen-bond donors (Lipinski definition) is 1. The quantitative estimate of drug-likeness (QED) is 0.712. The second-order valence-electron chi connectivity index (χ2n) is 6.31. The van der Waals surface area contributed by atoms with Gasteiger partial charge in [0, 0.05) is 25.2 Å². The van der Waals surface area contributed by atoms with E-state index in [9.17, 15) is 4.79 Å². The minimum Gasteiger partial charge on any atom is -0.354 e. The zero-order valence-electron chi connectivity index (χ0n) is 13.9. The van der Waals surface area contributed by atoms with Crippen molar-refractivity contribution < 1.29 is 4.79 Å². The number of nitrogens with one attached hydrogen (secondary N) is 1. The minimum absolute atomic E-state index is 0.00587. The number of hydrogen-bond acceptors (Lipinski definition) is 4. The number of carbonyl (C=O) groups is 1. The van der Waals surface area contributed by atoms with Gasteiger partial charge in [-0.25, -0.2) is 4.68 Å². The smallest absolute Gasteiger partial charge is 0.224 e. The molecule has 2 aromatic heterocycles. The molecule has 0 spiro atoms. The lowest BCUT2D eigenvalue weighted by molar-refractivity contribution is -0.120. The maximum atomic E-state index is 12.1. The molecule has 2 heterocycles. The Morgan fingerprint density at radius 2 is 2.08 bits per heavy atom. The lowest BCUT2D eigenvalue weighted by Crippen LogP contribution is -2.28. The number of aromatic nitrogens is 5. The first kappa shape index (κ1) is 15.6. The Bertz CT molecular complexity index is 849. The molecular weight excluding hydrogens is 316 g/mol. The van der Waals surface area contributed by atoms with Gasteiger partial charge in [-0.1, -0.05) is 18.2 Å². The summed E-state index contributed by atoms with van der Waals surface area (Å²) in [7, 11) is 0. The second kappa shape index (κ2) is 6.88. The summed E-state index contributed by atoms with van der Waals surface area (Å²) in [5.41, 5.74) is 1.87. The van der Waals surface area contributed by atoms with E-state index in [2.05, 4.69) is 20.6 Å². The molecule has 1 aliphatic carbocycles. The third-order valence-electron chi connectivity index (χ3n) is 4.28. The van der Waals surface area contributed by atoms with E-state index in [-0.39, 0.29) is 5.91 Å². The number of benzene rings is 1. The predicted octanol–water partition coefficient (Wildman–Crippen LogP) is 1.70. The topological polar surface area (TPSA) is 77.6 Å². The first-order chi connectivity index (χ1) is 12.3. The summed E-state index contributed by atoms with van der Waals surface area (Å²) in [5.74, 6) is 1.59. The molecular formula is C18H20N6O. The van der Waals surface area contributed by atoms with Crippen LogP contribution in [0.25, 0.3) is 5.69 Å². The number of amides is 1. The highest BCUT2D eigenvalue weighted by Crippen LogP contribution is 2.38. The first-order valence-electron chi connectivity index (χ1n) is 8.53. The van der Waals surface area contributed by atoms with E-state index >= 15 is 0 Å². The van der Waals surface area contributed by atoms with Gasteiger partial charge in [0.05, 0.1) is 18.3 Å². The summed E-state index contributed by atoms with van der Waals surface area (Å²) in [6.45, 7) is 1.28. The Hall–Kier alpha value is -2.96. The third kappa shape index (κ3) is 3.76. The number of rotatable bonds is 7. The summed E-state index contributed by atoms with van der Waals surface area (Å²) in [6.07, 6.45) is 8.07. The molecule has 7 nitrogen and oxygen atoms in total. The fraction of sp³-hybridized carbons (Fsp3) is 0.333. The fourth-order valence-electron chi connectivity index (χ4n) is 2.83. The second-order valence-corrected chi connectivity index (χ2v) is 6.31. The van der Waals surface area contributed by atoms with E-state index in [1.165, 1.54) is 12.8 Å². The third-order valence-corrected chi connectivity index (χ3v) is 4.28. The van der Waals surface area contributed by atoms with Crippen molar-refractivity contribution in [3.05, 3.63) is 60.4 Å². The van der Waals surface area contributed by atoms with Crippen molar-refractivity contribution in [2.75, 3.05) is 6.54 Å². The lowest BCUT2D eigenvalue weighted by atomic mass is 10.2. The van der Waals surface area contributed by atoms with Crippen LogP contribution in [0.4, 0.5) is 0 Å². The molecule has 128 valence electrons. The molecule has 1 amide bonds. The number of nitrogens with zero attached hydrogens (tertiary/aromatic N) is 5. The van der Waals surface area contributed by atoms with Gasteiger partial charge in [-0.2, -0.15) is 5.10 Å². The molecule has 25 heavy (non-hydrogen) atoms. The van der Waals surface area contributed by atoms with Crippen molar-refractivity contribution in [3.8, 4) is 5.69 Å². The van der Waals surface area contributed by atoms with Gasteiger partial charge in [-0.05, 0) is 30.5 Å². The highest BCUT2D eigenvalue weighted by atomic mass is 16.1. The van der Waals surface area contributed by atoms with E-state index in [1.54, 1.807) is 17.2 Å². The Labute approximate surface area is 145 Å². The van der Waals surface area contributed by atoms with Crippen molar-refractivity contribution in [2.24, 2.45) is 0 Å². The lowest BCUT2D eigenvalue weighted by Gasteiger charge is -2.07. The molecule has 4 rings (SSSR count). The van der Waals surface area contributed by atoms with Crippen molar-refractivity contribution in [1.82, 2.24) is 29.9 Å². The van der Waals surface area contributed by atoms with Crippen molar-refractivity contribution in [3.63, 3.8) is 0 Å². The molecule has 7 heteroatoms. The van der Waals surface area contributed by atoms with Gasteiger partial charge in [0.2, 0.25) is 5.91 Å². The zero-order chi connectivity index (χ0) is 17.1. The SMILES string of the molecule is O=C(Cc1cnn(-c2ccccc2)c1)NCCn1cnnc1C1CC1. The average Bonchev–Trinajstić information content (AvgIpc) is 3.18. The summed E-state index contributed by atoms with van der Waals surface area (Å²) in [4.78, 5) is 12.1. The highest BCUT2D eigenvalue weighted by molar-refractivity contribution is 5.78. The van der Waals surface area contributed by atoms with E-state index in [4.69, 9.17) is 0 Å². The van der Waals surface area contributed by atoms with Crippen LogP contribution in [0.15, 0.2) is 49.1 Å². The van der Waals surface area contributed by atoms with Crippen LogP contribution >= 0.6 is 0 Å². The molecule has 3 aromatic rings. The summed E-state index contributed by atoms with van der Waals surface area (Å²) < 4.78 is 3.81. The van der Waals surface area contributed by atoms with Crippen molar-refractivity contribution >= 4 is 5.91 Å². The molecule has 0 unspecified atom stereocenters. The Morgan fingerprint density at radius 3 is 2.88 bits per heavy atom. The molecule has 1 aliphatic rings. The molecule has 0 aliphatic heterocycles. The molecule has 1 N–H and O–H groups in total. The maximum absolute atomic E-state index is 12.1. The number of carbonyl (C=O) groups excluding carboxylic acids is 1. The van der Waals surface area contributed by atoms with Crippen LogP contribution < -0.4 is 5.32 Å². The van der Waals surface area contributed by atoms with E-state index in [1.807, 2.05) is 41.1 Å². The largest absolute Gasteiger partial charge is 0.354 e. The van der Waals surface area contributed by atoms with Crippen LogP contribution in [0.3, 0.4) is 0 Å². The molecule has 0 atom stereocenters. The van der Waals surface area contributed by atoms with E-state index in [0.717, 1.165) is 17.1 Å². The summed E-state index contributed by atoms with van der Waals surface area (Å²) in [5, 5.41) is 15.4. The van der Waals surface area contributed by atoms with Gasteiger partial charge in [0.15, 0.2) is 0 Å². The standard InChI is InChI=1S/C18H20N6O/c25-17(19-8-9-23-13-20-22-18(23)15-6-7-15)10-14-11-21-24(12-14)16-4-2-1-3-5-16/h1-5,11-13,15H,6-10H2,(H,19,25). The van der Waals surface area contributed by atoms with Gasteiger partial charge in [0.25, 0.3) is 0 Å². The normalized spacial score (nSPS) is 13.8. The van der Waals surface area contributed by atoms with Crippen LogP contribution in [0.2, 0.25) is 0 Å². The van der Waals surface area contributed by atoms with Crippen LogP contribution in [0, 0.1) is 0 Å². The molecule has 1 fully saturated rings. The van der Waals surface area contributed by atoms with Gasteiger partial charge in [-0.3, -0.25) is 4.79 Å².